The Hall–Kier alpha value is -0.410. The first kappa shape index (κ1) is 15.6. The summed E-state index contributed by atoms with van der Waals surface area (Å²) in [6.45, 7) is 8.63. The molecule has 2 unspecified atom stereocenters. The van der Waals surface area contributed by atoms with Crippen LogP contribution in [0.4, 0.5) is 4.39 Å². The lowest BCUT2D eigenvalue weighted by molar-refractivity contribution is 0.410. The van der Waals surface area contributed by atoms with Gasteiger partial charge in [0.15, 0.2) is 0 Å². The highest BCUT2D eigenvalue weighted by Crippen LogP contribution is 2.21. The van der Waals surface area contributed by atoms with Crippen LogP contribution < -0.4 is 5.32 Å². The number of halogens is 2. The Morgan fingerprint density at radius 2 is 1.83 bits per heavy atom. The monoisotopic (exact) mass is 315 g/mol. The van der Waals surface area contributed by atoms with Crippen molar-refractivity contribution in [2.45, 2.75) is 52.6 Å². The summed E-state index contributed by atoms with van der Waals surface area (Å²) >= 11 is 3.28. The van der Waals surface area contributed by atoms with Crippen LogP contribution in [0.5, 0.6) is 0 Å². The number of rotatable bonds is 6. The molecule has 0 heterocycles. The van der Waals surface area contributed by atoms with E-state index in [0.717, 1.165) is 16.5 Å². The van der Waals surface area contributed by atoms with Crippen LogP contribution in [0, 0.1) is 11.7 Å². The van der Waals surface area contributed by atoms with Gasteiger partial charge in [-0.25, -0.2) is 4.39 Å². The molecule has 1 aromatic carbocycles. The van der Waals surface area contributed by atoms with Gasteiger partial charge in [0.2, 0.25) is 0 Å². The Balaban J connectivity index is 2.56. The van der Waals surface area contributed by atoms with Crippen molar-refractivity contribution >= 4 is 15.9 Å². The van der Waals surface area contributed by atoms with Gasteiger partial charge in [-0.2, -0.15) is 0 Å². The highest BCUT2D eigenvalue weighted by molar-refractivity contribution is 9.10. The van der Waals surface area contributed by atoms with E-state index < -0.39 is 0 Å². The summed E-state index contributed by atoms with van der Waals surface area (Å²) in [5.41, 5.74) is 0.731. The maximum absolute atomic E-state index is 13.8. The van der Waals surface area contributed by atoms with Crippen molar-refractivity contribution in [3.05, 3.63) is 34.1 Å². The lowest BCUT2D eigenvalue weighted by atomic mass is 10.0. The molecule has 3 heteroatoms. The van der Waals surface area contributed by atoms with Crippen LogP contribution in [0.25, 0.3) is 0 Å². The quantitative estimate of drug-likeness (QED) is 0.773. The van der Waals surface area contributed by atoms with E-state index in [0.29, 0.717) is 12.0 Å². The van der Waals surface area contributed by atoms with Gasteiger partial charge in [-0.3, -0.25) is 0 Å². The zero-order chi connectivity index (χ0) is 13.7. The van der Waals surface area contributed by atoms with Crippen molar-refractivity contribution in [2.75, 3.05) is 0 Å². The molecule has 0 aliphatic heterocycles. The first-order valence-electron chi connectivity index (χ1n) is 6.61. The number of benzene rings is 1. The lowest BCUT2D eigenvalue weighted by Crippen LogP contribution is -2.29. The second kappa shape index (κ2) is 7.25. The van der Waals surface area contributed by atoms with Gasteiger partial charge in [0.1, 0.15) is 5.82 Å². The van der Waals surface area contributed by atoms with Crippen molar-refractivity contribution < 1.29 is 4.39 Å². The smallest absolute Gasteiger partial charge is 0.129 e. The van der Waals surface area contributed by atoms with Crippen LogP contribution in [0.3, 0.4) is 0 Å². The molecule has 0 aliphatic carbocycles. The number of nitrogens with one attached hydrogen (secondary N) is 1. The summed E-state index contributed by atoms with van der Waals surface area (Å²) in [5.74, 6) is 0.564. The SMILES string of the molecule is CC(C)CCC(C)NC(C)c1ccc(Br)cc1F. The minimum absolute atomic E-state index is 0.0419. The predicted molar refractivity (Wildman–Crippen MR) is 79.2 cm³/mol. The molecule has 0 saturated heterocycles. The van der Waals surface area contributed by atoms with Crippen molar-refractivity contribution in [3.8, 4) is 0 Å². The summed E-state index contributed by atoms with van der Waals surface area (Å²) in [6.07, 6.45) is 2.32. The maximum atomic E-state index is 13.8. The summed E-state index contributed by atoms with van der Waals surface area (Å²) in [4.78, 5) is 0. The van der Waals surface area contributed by atoms with Gasteiger partial charge < -0.3 is 5.32 Å². The Morgan fingerprint density at radius 3 is 2.39 bits per heavy atom. The molecular weight excluding hydrogens is 293 g/mol. The van der Waals surface area contributed by atoms with Gasteiger partial charge in [-0.05, 0) is 44.7 Å². The molecule has 102 valence electrons. The van der Waals surface area contributed by atoms with Crippen molar-refractivity contribution in [1.82, 2.24) is 5.32 Å². The summed E-state index contributed by atoms with van der Waals surface area (Å²) in [6, 6.07) is 5.69. The second-order valence-corrected chi connectivity index (χ2v) is 6.34. The lowest BCUT2D eigenvalue weighted by Gasteiger charge is -2.21. The zero-order valence-corrected chi connectivity index (χ0v) is 13.2. The molecule has 1 aromatic rings. The summed E-state index contributed by atoms with van der Waals surface area (Å²) in [5, 5.41) is 3.46. The third kappa shape index (κ3) is 5.07. The molecule has 0 saturated carbocycles. The van der Waals surface area contributed by atoms with Gasteiger partial charge in [-0.1, -0.05) is 35.8 Å². The second-order valence-electron chi connectivity index (χ2n) is 5.43. The van der Waals surface area contributed by atoms with E-state index in [1.54, 1.807) is 0 Å². The predicted octanol–water partition coefficient (Wildman–Crippen LogP) is 5.06. The van der Waals surface area contributed by atoms with Crippen molar-refractivity contribution in [3.63, 3.8) is 0 Å². The molecule has 1 nitrogen and oxygen atoms in total. The molecule has 1 rings (SSSR count). The van der Waals surface area contributed by atoms with E-state index in [9.17, 15) is 4.39 Å². The molecule has 0 amide bonds. The van der Waals surface area contributed by atoms with Crippen LogP contribution in [0.1, 0.15) is 52.1 Å². The fourth-order valence-corrected chi connectivity index (χ4v) is 2.37. The van der Waals surface area contributed by atoms with Crippen LogP contribution in [-0.4, -0.2) is 6.04 Å². The molecule has 1 N–H and O–H groups in total. The van der Waals surface area contributed by atoms with Crippen LogP contribution in [0.2, 0.25) is 0 Å². The van der Waals surface area contributed by atoms with Crippen molar-refractivity contribution in [2.24, 2.45) is 5.92 Å². The molecule has 0 aliphatic rings. The largest absolute Gasteiger partial charge is 0.308 e. The highest BCUT2D eigenvalue weighted by atomic mass is 79.9. The van der Waals surface area contributed by atoms with Crippen LogP contribution in [-0.2, 0) is 0 Å². The van der Waals surface area contributed by atoms with E-state index in [4.69, 9.17) is 0 Å². The average molecular weight is 316 g/mol. The minimum Gasteiger partial charge on any atom is -0.308 e. The van der Waals surface area contributed by atoms with Gasteiger partial charge in [0.05, 0.1) is 0 Å². The van der Waals surface area contributed by atoms with E-state index in [-0.39, 0.29) is 11.9 Å². The minimum atomic E-state index is -0.152. The summed E-state index contributed by atoms with van der Waals surface area (Å²) < 4.78 is 14.6. The Kier molecular flexibility index (Phi) is 6.30. The molecule has 0 fully saturated rings. The highest BCUT2D eigenvalue weighted by Gasteiger charge is 2.13. The molecular formula is C15H23BrFN. The average Bonchev–Trinajstić information content (AvgIpc) is 2.26. The van der Waals surface area contributed by atoms with E-state index in [2.05, 4.69) is 42.0 Å². The van der Waals surface area contributed by atoms with Gasteiger partial charge in [0, 0.05) is 22.1 Å². The normalized spacial score (nSPS) is 14.8. The van der Waals surface area contributed by atoms with Gasteiger partial charge in [0.25, 0.3) is 0 Å². The molecule has 2 atom stereocenters. The summed E-state index contributed by atoms with van der Waals surface area (Å²) in [7, 11) is 0. The molecule has 0 bridgehead atoms. The fourth-order valence-electron chi connectivity index (χ4n) is 2.04. The Bertz CT molecular complexity index is 379. The Morgan fingerprint density at radius 1 is 1.17 bits per heavy atom. The number of hydrogen-bond donors (Lipinski definition) is 1. The Labute approximate surface area is 118 Å². The van der Waals surface area contributed by atoms with E-state index in [1.807, 2.05) is 19.1 Å². The van der Waals surface area contributed by atoms with Crippen LogP contribution >= 0.6 is 15.9 Å². The maximum Gasteiger partial charge on any atom is 0.129 e. The first-order chi connectivity index (χ1) is 8.40. The van der Waals surface area contributed by atoms with E-state index in [1.165, 1.54) is 12.5 Å². The molecule has 0 radical (unpaired) electrons. The van der Waals surface area contributed by atoms with E-state index >= 15 is 0 Å². The fraction of sp³-hybridized carbons (Fsp3) is 0.600. The number of hydrogen-bond acceptors (Lipinski definition) is 1. The first-order valence-corrected chi connectivity index (χ1v) is 7.40. The van der Waals surface area contributed by atoms with Crippen LogP contribution in [0.15, 0.2) is 22.7 Å². The standard InChI is InChI=1S/C15H23BrFN/c1-10(2)5-6-11(3)18-12(4)14-8-7-13(16)9-15(14)17/h7-12,18H,5-6H2,1-4H3. The third-order valence-corrected chi connectivity index (χ3v) is 3.63. The van der Waals surface area contributed by atoms with Gasteiger partial charge >= 0.3 is 0 Å². The molecule has 0 aromatic heterocycles. The topological polar surface area (TPSA) is 12.0 Å². The van der Waals surface area contributed by atoms with Gasteiger partial charge in [-0.15, -0.1) is 0 Å². The molecule has 18 heavy (non-hydrogen) atoms. The zero-order valence-electron chi connectivity index (χ0n) is 11.6. The molecule has 0 spiro atoms. The third-order valence-electron chi connectivity index (χ3n) is 3.14. The van der Waals surface area contributed by atoms with Crippen molar-refractivity contribution in [1.29, 1.82) is 0 Å².